The van der Waals surface area contributed by atoms with Crippen LogP contribution in [0.25, 0.3) is 5.69 Å². The van der Waals surface area contributed by atoms with E-state index in [9.17, 15) is 8.42 Å². The molecule has 0 saturated heterocycles. The highest BCUT2D eigenvalue weighted by atomic mass is 32.2. The Morgan fingerprint density at radius 1 is 1.08 bits per heavy atom. The predicted octanol–water partition coefficient (Wildman–Crippen LogP) is 1.65. The van der Waals surface area contributed by atoms with Gasteiger partial charge in [0, 0.05) is 0 Å². The number of aromatic nitrogens is 4. The lowest BCUT2D eigenvalue weighted by Crippen LogP contribution is -2.33. The van der Waals surface area contributed by atoms with Crippen LogP contribution in [-0.4, -0.2) is 59.3 Å². The fraction of sp³-hybridized carbons (Fsp3) is 0.562. The molecule has 0 radical (unpaired) electrons. The van der Waals surface area contributed by atoms with Crippen molar-refractivity contribution in [2.45, 2.75) is 51.2 Å². The number of hydrogen-bond acceptors (Lipinski definition) is 7. The molecule has 9 heteroatoms. The van der Waals surface area contributed by atoms with Gasteiger partial charge in [0.1, 0.15) is 0 Å². The van der Waals surface area contributed by atoms with E-state index in [0.717, 1.165) is 0 Å². The molecule has 1 aromatic carbocycles. The van der Waals surface area contributed by atoms with Gasteiger partial charge >= 0.3 is 0 Å². The molecule has 0 aliphatic carbocycles. The predicted molar refractivity (Wildman–Crippen MR) is 92.3 cm³/mol. The molecule has 0 N–H and O–H groups in total. The quantitative estimate of drug-likeness (QED) is 0.664. The molecular weight excluding hydrogens is 344 g/mol. The van der Waals surface area contributed by atoms with E-state index in [1.165, 1.54) is 4.68 Å². The van der Waals surface area contributed by atoms with Gasteiger partial charge in [-0.05, 0) is 50.3 Å². The fourth-order valence-corrected chi connectivity index (χ4v) is 3.61. The van der Waals surface area contributed by atoms with Crippen molar-refractivity contribution in [3.63, 3.8) is 0 Å². The molecule has 0 aliphatic heterocycles. The number of tetrazole rings is 1. The third-order valence-corrected chi connectivity index (χ3v) is 4.83. The van der Waals surface area contributed by atoms with Crippen LogP contribution in [0.4, 0.5) is 0 Å². The Morgan fingerprint density at radius 2 is 1.76 bits per heavy atom. The van der Waals surface area contributed by atoms with Gasteiger partial charge in [0.25, 0.3) is 5.16 Å². The zero-order valence-electron chi connectivity index (χ0n) is 14.9. The Balaban J connectivity index is 2.24. The summed E-state index contributed by atoms with van der Waals surface area (Å²) in [6.45, 7) is 7.65. The van der Waals surface area contributed by atoms with Crippen molar-refractivity contribution in [3.05, 3.63) is 30.3 Å². The van der Waals surface area contributed by atoms with Gasteiger partial charge in [0.05, 0.1) is 36.4 Å². The van der Waals surface area contributed by atoms with Gasteiger partial charge in [-0.3, -0.25) is 0 Å². The number of rotatable bonds is 9. The van der Waals surface area contributed by atoms with Gasteiger partial charge < -0.3 is 9.47 Å². The molecule has 1 atom stereocenters. The molecule has 1 heterocycles. The summed E-state index contributed by atoms with van der Waals surface area (Å²) in [7, 11) is -3.77. The summed E-state index contributed by atoms with van der Waals surface area (Å²) >= 11 is 0. The van der Waals surface area contributed by atoms with Crippen LogP contribution in [0.3, 0.4) is 0 Å². The molecule has 8 nitrogen and oxygen atoms in total. The Kier molecular flexibility index (Phi) is 6.63. The summed E-state index contributed by atoms with van der Waals surface area (Å²) in [5.41, 5.74) is 0.575. The summed E-state index contributed by atoms with van der Waals surface area (Å²) in [5, 5.41) is 10.8. The van der Waals surface area contributed by atoms with Crippen LogP contribution in [0.2, 0.25) is 0 Å². The van der Waals surface area contributed by atoms with Crippen molar-refractivity contribution in [1.82, 2.24) is 20.2 Å². The standard InChI is InChI=1S/C16H24N4O4S/c1-12(2)23-10-15(24-13(3)4)11-25(21,22)16-17-18-19-20(16)14-8-6-5-7-9-14/h5-9,12-13,15H,10-11H2,1-4H3/t15-/m1/s1. The average molecular weight is 368 g/mol. The second kappa shape index (κ2) is 8.50. The molecule has 25 heavy (non-hydrogen) atoms. The summed E-state index contributed by atoms with van der Waals surface area (Å²) in [4.78, 5) is 0. The van der Waals surface area contributed by atoms with Crippen LogP contribution in [0.1, 0.15) is 27.7 Å². The van der Waals surface area contributed by atoms with Crippen molar-refractivity contribution < 1.29 is 17.9 Å². The van der Waals surface area contributed by atoms with Crippen LogP contribution in [-0.2, 0) is 19.3 Å². The Morgan fingerprint density at radius 3 is 2.36 bits per heavy atom. The number of ether oxygens (including phenoxy) is 2. The normalized spacial score (nSPS) is 13.5. The van der Waals surface area contributed by atoms with Crippen molar-refractivity contribution in [2.24, 2.45) is 0 Å². The summed E-state index contributed by atoms with van der Waals surface area (Å²) < 4.78 is 38.1. The lowest BCUT2D eigenvalue weighted by atomic mass is 10.3. The fourth-order valence-electron chi connectivity index (χ4n) is 2.23. The molecule has 138 valence electrons. The Bertz CT molecular complexity index is 759. The van der Waals surface area contributed by atoms with Crippen LogP contribution in [0.5, 0.6) is 0 Å². The first kappa shape index (κ1) is 19.5. The van der Waals surface area contributed by atoms with Gasteiger partial charge in [-0.1, -0.05) is 23.3 Å². The van der Waals surface area contributed by atoms with Crippen molar-refractivity contribution >= 4 is 9.84 Å². The molecule has 0 aliphatic rings. The second-order valence-corrected chi connectivity index (χ2v) is 8.11. The maximum absolute atomic E-state index is 12.8. The maximum Gasteiger partial charge on any atom is 0.272 e. The van der Waals surface area contributed by atoms with Crippen molar-refractivity contribution in [1.29, 1.82) is 0 Å². The van der Waals surface area contributed by atoms with Gasteiger partial charge in [0.15, 0.2) is 0 Å². The van der Waals surface area contributed by atoms with E-state index in [4.69, 9.17) is 9.47 Å². The van der Waals surface area contributed by atoms with E-state index in [1.54, 1.807) is 24.3 Å². The zero-order valence-corrected chi connectivity index (χ0v) is 15.7. The van der Waals surface area contributed by atoms with Gasteiger partial charge in [-0.15, -0.1) is 0 Å². The zero-order chi connectivity index (χ0) is 18.4. The van der Waals surface area contributed by atoms with E-state index in [0.29, 0.717) is 5.69 Å². The first-order valence-corrected chi connectivity index (χ1v) is 9.78. The van der Waals surface area contributed by atoms with Crippen molar-refractivity contribution in [3.8, 4) is 5.69 Å². The molecule has 0 spiro atoms. The largest absolute Gasteiger partial charge is 0.376 e. The van der Waals surface area contributed by atoms with Gasteiger partial charge in [-0.25, -0.2) is 8.42 Å². The molecule has 1 aromatic heterocycles. The molecular formula is C16H24N4O4S. The van der Waals surface area contributed by atoms with Gasteiger partial charge in [-0.2, -0.15) is 4.68 Å². The SMILES string of the molecule is CC(C)OC[C@H](CS(=O)(=O)c1nnnn1-c1ccccc1)OC(C)C. The van der Waals surface area contributed by atoms with E-state index in [2.05, 4.69) is 15.5 Å². The third kappa shape index (κ3) is 5.58. The number of nitrogens with zero attached hydrogens (tertiary/aromatic N) is 4. The molecule has 2 rings (SSSR count). The highest BCUT2D eigenvalue weighted by Gasteiger charge is 2.29. The second-order valence-electron chi connectivity index (χ2n) is 6.18. The minimum atomic E-state index is -3.77. The minimum absolute atomic E-state index is 0.0180. The van der Waals surface area contributed by atoms with Crippen LogP contribution in [0.15, 0.2) is 35.5 Å². The number of benzene rings is 1. The number of para-hydroxylation sites is 1. The van der Waals surface area contributed by atoms with Crippen LogP contribution < -0.4 is 0 Å². The highest BCUT2D eigenvalue weighted by molar-refractivity contribution is 7.91. The molecule has 0 saturated carbocycles. The molecule has 0 unspecified atom stereocenters. The lowest BCUT2D eigenvalue weighted by molar-refractivity contribution is -0.0479. The Labute approximate surface area is 148 Å². The summed E-state index contributed by atoms with van der Waals surface area (Å²) in [5.74, 6) is -0.259. The number of sulfone groups is 1. The third-order valence-electron chi connectivity index (χ3n) is 3.21. The molecule has 0 amide bonds. The lowest BCUT2D eigenvalue weighted by Gasteiger charge is -2.21. The van der Waals surface area contributed by atoms with Crippen LogP contribution >= 0.6 is 0 Å². The summed E-state index contributed by atoms with van der Waals surface area (Å²) in [6.07, 6.45) is -0.745. The van der Waals surface area contributed by atoms with Gasteiger partial charge in [0.2, 0.25) is 9.84 Å². The Hall–Kier alpha value is -1.84. The molecule has 0 bridgehead atoms. The highest BCUT2D eigenvalue weighted by Crippen LogP contribution is 2.15. The molecule has 2 aromatic rings. The van der Waals surface area contributed by atoms with Crippen molar-refractivity contribution in [2.75, 3.05) is 12.4 Å². The van der Waals surface area contributed by atoms with E-state index in [1.807, 2.05) is 33.8 Å². The van der Waals surface area contributed by atoms with Crippen LogP contribution in [0, 0.1) is 0 Å². The topological polar surface area (TPSA) is 96.2 Å². The molecule has 0 fully saturated rings. The monoisotopic (exact) mass is 368 g/mol. The van der Waals surface area contributed by atoms with E-state index < -0.39 is 15.9 Å². The number of hydrogen-bond donors (Lipinski definition) is 0. The smallest absolute Gasteiger partial charge is 0.272 e. The summed E-state index contributed by atoms with van der Waals surface area (Å²) in [6, 6.07) is 8.87. The maximum atomic E-state index is 12.8. The first-order chi connectivity index (χ1) is 11.8. The van der Waals surface area contributed by atoms with E-state index >= 15 is 0 Å². The minimum Gasteiger partial charge on any atom is -0.376 e. The first-order valence-electron chi connectivity index (χ1n) is 8.13. The van der Waals surface area contributed by atoms with E-state index in [-0.39, 0.29) is 29.7 Å². The average Bonchev–Trinajstić information content (AvgIpc) is 3.03.